The molecule has 0 saturated heterocycles. The zero-order chi connectivity index (χ0) is 26.0. The van der Waals surface area contributed by atoms with E-state index >= 15 is 0 Å². The van der Waals surface area contributed by atoms with Gasteiger partial charge in [0.15, 0.2) is 5.58 Å². The molecule has 0 saturated carbocycles. The van der Waals surface area contributed by atoms with Crippen molar-refractivity contribution in [3.63, 3.8) is 0 Å². The summed E-state index contributed by atoms with van der Waals surface area (Å²) in [6.45, 7) is 2.00. The van der Waals surface area contributed by atoms with Gasteiger partial charge in [-0.15, -0.1) is 0 Å². The van der Waals surface area contributed by atoms with Gasteiger partial charge in [0.25, 0.3) is 0 Å². The third-order valence-corrected chi connectivity index (χ3v) is 5.45. The largest absolute Gasteiger partial charge is 0.507 e. The van der Waals surface area contributed by atoms with E-state index in [1.54, 1.807) is 18.2 Å². The van der Waals surface area contributed by atoms with E-state index in [-0.39, 0.29) is 11.4 Å². The first-order valence-corrected chi connectivity index (χ1v) is 11.2. The first-order chi connectivity index (χ1) is 17.7. The van der Waals surface area contributed by atoms with Crippen LogP contribution in [0, 0.1) is 6.92 Å². The lowest BCUT2D eigenvalue weighted by Crippen LogP contribution is -2.03. The van der Waals surface area contributed by atoms with Crippen LogP contribution in [0.2, 0.25) is 0 Å². The van der Waals surface area contributed by atoms with Crippen molar-refractivity contribution < 1.29 is 22.7 Å². The zero-order valence-electron chi connectivity index (χ0n) is 19.4. The van der Waals surface area contributed by atoms with Gasteiger partial charge >= 0.3 is 6.18 Å². The lowest BCUT2D eigenvalue weighted by molar-refractivity contribution is -0.137. The van der Waals surface area contributed by atoms with Gasteiger partial charge in [-0.3, -0.25) is 4.99 Å². The summed E-state index contributed by atoms with van der Waals surface area (Å²) >= 11 is 0. The number of aromatic nitrogens is 1. The van der Waals surface area contributed by atoms with E-state index in [1.807, 2.05) is 31.2 Å². The average molecular weight is 500 g/mol. The number of fused-ring (bicyclic) bond motifs is 1. The summed E-state index contributed by atoms with van der Waals surface area (Å²) in [5, 5.41) is 18.1. The van der Waals surface area contributed by atoms with E-state index < -0.39 is 11.7 Å². The summed E-state index contributed by atoms with van der Waals surface area (Å²) in [6, 6.07) is 22.2. The summed E-state index contributed by atoms with van der Waals surface area (Å²) in [5.74, 6) is 0.474. The number of rotatable bonds is 5. The third-order valence-electron chi connectivity index (χ3n) is 5.45. The molecule has 5 rings (SSSR count). The van der Waals surface area contributed by atoms with Crippen LogP contribution in [0.4, 0.5) is 30.2 Å². The number of phenolic OH excluding ortho intramolecular Hbond substituents is 1. The fraction of sp³-hybridized carbons (Fsp3) is 0.0714. The summed E-state index contributed by atoms with van der Waals surface area (Å²) in [5.41, 5.74) is 3.78. The molecule has 0 atom stereocenters. The minimum Gasteiger partial charge on any atom is -0.507 e. The Labute approximate surface area is 209 Å². The lowest BCUT2D eigenvalue weighted by atomic mass is 10.1. The van der Waals surface area contributed by atoms with Gasteiger partial charge in [-0.25, -0.2) is 4.98 Å². The number of hydrogen-bond acceptors (Lipinski definition) is 6. The molecule has 184 valence electrons. The van der Waals surface area contributed by atoms with E-state index in [9.17, 15) is 18.3 Å². The molecule has 0 aliphatic carbocycles. The molecule has 1 N–H and O–H groups in total. The van der Waals surface area contributed by atoms with Crippen molar-refractivity contribution in [3.8, 4) is 17.2 Å². The Kier molecular flexibility index (Phi) is 6.27. The highest BCUT2D eigenvalue weighted by atomic mass is 19.4. The number of aliphatic imine (C=N–C) groups is 1. The van der Waals surface area contributed by atoms with E-state index in [1.165, 1.54) is 36.5 Å². The number of hydrogen-bond donors (Lipinski definition) is 1. The molecule has 1 heterocycles. The van der Waals surface area contributed by atoms with Crippen molar-refractivity contribution in [2.45, 2.75) is 13.1 Å². The van der Waals surface area contributed by atoms with Crippen molar-refractivity contribution in [2.75, 3.05) is 0 Å². The minimum absolute atomic E-state index is 0.0361. The van der Waals surface area contributed by atoms with Crippen molar-refractivity contribution in [3.05, 3.63) is 102 Å². The number of oxazole rings is 1. The summed E-state index contributed by atoms with van der Waals surface area (Å²) in [4.78, 5) is 8.98. The molecule has 6 nitrogen and oxygen atoms in total. The smallest absolute Gasteiger partial charge is 0.416 e. The SMILES string of the molecule is Cc1cccc(-c2nc3cc(N=Cc4cc(N=Nc5cccc(C(F)(F)F)c5)ccc4O)ccc3o2)c1. The van der Waals surface area contributed by atoms with Crippen molar-refractivity contribution in [1.82, 2.24) is 4.98 Å². The predicted molar refractivity (Wildman–Crippen MR) is 135 cm³/mol. The van der Waals surface area contributed by atoms with E-state index in [2.05, 4.69) is 20.2 Å². The lowest BCUT2D eigenvalue weighted by Gasteiger charge is -2.06. The van der Waals surface area contributed by atoms with Crippen LogP contribution < -0.4 is 0 Å². The van der Waals surface area contributed by atoms with E-state index in [4.69, 9.17) is 4.42 Å². The number of alkyl halides is 3. The average Bonchev–Trinajstić information content (AvgIpc) is 3.31. The van der Waals surface area contributed by atoms with Gasteiger partial charge in [0, 0.05) is 17.3 Å². The number of benzene rings is 4. The Morgan fingerprint density at radius 2 is 1.59 bits per heavy atom. The second kappa shape index (κ2) is 9.69. The first kappa shape index (κ1) is 23.9. The molecule has 0 spiro atoms. The Morgan fingerprint density at radius 3 is 2.38 bits per heavy atom. The standard InChI is InChI=1S/C28H19F3N4O2/c1-17-4-2-5-18(12-17)27-33-24-15-21(9-11-26(24)37-27)32-16-19-13-23(8-10-25(19)36)35-34-22-7-3-6-20(14-22)28(29,30)31/h2-16,36H,1H3. The molecule has 0 fully saturated rings. The number of halogens is 3. The molecule has 5 aromatic rings. The number of nitrogens with zero attached hydrogens (tertiary/aromatic N) is 4. The van der Waals surface area contributed by atoms with Crippen LogP contribution in [0.3, 0.4) is 0 Å². The highest BCUT2D eigenvalue weighted by molar-refractivity contribution is 5.88. The van der Waals surface area contributed by atoms with Crippen molar-refractivity contribution >= 4 is 34.4 Å². The second-order valence-corrected chi connectivity index (χ2v) is 8.29. The number of phenols is 1. The molecule has 0 aliphatic rings. The maximum absolute atomic E-state index is 12.9. The monoisotopic (exact) mass is 500 g/mol. The molecule has 0 amide bonds. The third kappa shape index (κ3) is 5.56. The fourth-order valence-corrected chi connectivity index (χ4v) is 3.61. The van der Waals surface area contributed by atoms with Gasteiger partial charge < -0.3 is 9.52 Å². The van der Waals surface area contributed by atoms with Crippen LogP contribution in [0.25, 0.3) is 22.6 Å². The zero-order valence-corrected chi connectivity index (χ0v) is 19.4. The van der Waals surface area contributed by atoms with Crippen LogP contribution in [-0.2, 0) is 6.18 Å². The Hall–Kier alpha value is -4.79. The summed E-state index contributed by atoms with van der Waals surface area (Å²) in [6.07, 6.45) is -3.01. The maximum Gasteiger partial charge on any atom is 0.416 e. The highest BCUT2D eigenvalue weighted by Crippen LogP contribution is 2.32. The van der Waals surface area contributed by atoms with Crippen molar-refractivity contribution in [1.29, 1.82) is 0 Å². The Morgan fingerprint density at radius 1 is 0.838 bits per heavy atom. The van der Waals surface area contributed by atoms with Crippen molar-refractivity contribution in [2.24, 2.45) is 15.2 Å². The van der Waals surface area contributed by atoms with Crippen LogP contribution in [0.15, 0.2) is 105 Å². The van der Waals surface area contributed by atoms with Crippen LogP contribution in [0.5, 0.6) is 5.75 Å². The molecule has 4 aromatic carbocycles. The predicted octanol–water partition coefficient (Wildman–Crippen LogP) is 8.69. The maximum atomic E-state index is 12.9. The second-order valence-electron chi connectivity index (χ2n) is 8.29. The van der Waals surface area contributed by atoms with Gasteiger partial charge in [-0.1, -0.05) is 23.8 Å². The number of aryl methyl sites for hydroxylation is 1. The molecule has 1 aromatic heterocycles. The molecule has 37 heavy (non-hydrogen) atoms. The topological polar surface area (TPSA) is 83.3 Å². The quantitative estimate of drug-likeness (QED) is 0.193. The normalized spacial score (nSPS) is 12.2. The van der Waals surface area contributed by atoms with Crippen LogP contribution >= 0.6 is 0 Å². The van der Waals surface area contributed by atoms with Gasteiger partial charge in [0.1, 0.15) is 11.3 Å². The number of aromatic hydroxyl groups is 1. The van der Waals surface area contributed by atoms with E-state index in [0.717, 1.165) is 23.3 Å². The van der Waals surface area contributed by atoms with Gasteiger partial charge in [0.2, 0.25) is 5.89 Å². The fourth-order valence-electron chi connectivity index (χ4n) is 3.61. The van der Waals surface area contributed by atoms with Gasteiger partial charge in [-0.2, -0.15) is 23.4 Å². The molecular weight excluding hydrogens is 481 g/mol. The molecule has 0 aliphatic heterocycles. The Bertz CT molecular complexity index is 1660. The molecule has 0 radical (unpaired) electrons. The van der Waals surface area contributed by atoms with Gasteiger partial charge in [-0.05, 0) is 73.7 Å². The molecule has 0 unspecified atom stereocenters. The van der Waals surface area contributed by atoms with E-state index in [0.29, 0.717) is 33.9 Å². The van der Waals surface area contributed by atoms with Gasteiger partial charge in [0.05, 0.1) is 22.6 Å². The van der Waals surface area contributed by atoms with Crippen LogP contribution in [0.1, 0.15) is 16.7 Å². The number of azo groups is 1. The molecule has 0 bridgehead atoms. The molecule has 9 heteroatoms. The summed E-state index contributed by atoms with van der Waals surface area (Å²) < 4.78 is 44.6. The Balaban J connectivity index is 1.37. The van der Waals surface area contributed by atoms with Crippen LogP contribution in [-0.4, -0.2) is 16.3 Å². The molecular formula is C28H19F3N4O2. The first-order valence-electron chi connectivity index (χ1n) is 11.2. The minimum atomic E-state index is -4.47. The summed E-state index contributed by atoms with van der Waals surface area (Å²) in [7, 11) is 0. The highest BCUT2D eigenvalue weighted by Gasteiger charge is 2.30.